The summed E-state index contributed by atoms with van der Waals surface area (Å²) in [4.78, 5) is 0. The van der Waals surface area contributed by atoms with Crippen molar-refractivity contribution in [1.29, 1.82) is 0 Å². The molecule has 100 valence electrons. The van der Waals surface area contributed by atoms with Gasteiger partial charge in [0.15, 0.2) is 0 Å². The fraction of sp³-hybridized carbons (Fsp3) is 0.538. The molecular weight excluding hydrogens is 238 g/mol. The van der Waals surface area contributed by atoms with Gasteiger partial charge in [0.25, 0.3) is 0 Å². The van der Waals surface area contributed by atoms with Crippen LogP contribution in [-0.4, -0.2) is 18.3 Å². The van der Waals surface area contributed by atoms with Crippen molar-refractivity contribution in [3.8, 4) is 0 Å². The first-order valence-electron chi connectivity index (χ1n) is 5.51. The largest absolute Gasteiger partial charge is 0.412 e. The summed E-state index contributed by atoms with van der Waals surface area (Å²) in [5.74, 6) is 0. The van der Waals surface area contributed by atoms with Crippen molar-refractivity contribution in [3.05, 3.63) is 35.9 Å². The van der Waals surface area contributed by atoms with Gasteiger partial charge in [0.2, 0.25) is 0 Å². The van der Waals surface area contributed by atoms with Crippen LogP contribution in [0.15, 0.2) is 30.3 Å². The summed E-state index contributed by atoms with van der Waals surface area (Å²) >= 11 is 0. The van der Waals surface area contributed by atoms with E-state index in [1.165, 1.54) is 5.56 Å². The third-order valence-corrected chi connectivity index (χ3v) is 2.48. The van der Waals surface area contributed by atoms with Crippen LogP contribution < -0.4 is 5.32 Å². The average molecular weight is 262 g/mol. The molecular formula is C13H24ClNO2. The monoisotopic (exact) mass is 261 g/mol. The van der Waals surface area contributed by atoms with E-state index in [4.69, 9.17) is 4.74 Å². The first kappa shape index (κ1) is 18.7. The molecule has 0 amide bonds. The Hall–Kier alpha value is -0.610. The van der Waals surface area contributed by atoms with Gasteiger partial charge in [-0.3, -0.25) is 5.32 Å². The van der Waals surface area contributed by atoms with Gasteiger partial charge in [0.1, 0.15) is 6.23 Å². The van der Waals surface area contributed by atoms with Crippen molar-refractivity contribution in [1.82, 2.24) is 5.32 Å². The number of ether oxygens (including phenoxy) is 1. The molecule has 0 aromatic heterocycles. The van der Waals surface area contributed by atoms with Gasteiger partial charge in [-0.2, -0.15) is 0 Å². The lowest BCUT2D eigenvalue weighted by Gasteiger charge is -2.30. The van der Waals surface area contributed by atoms with Crippen molar-refractivity contribution in [2.45, 2.75) is 39.5 Å². The topological polar surface area (TPSA) is 52.8 Å². The van der Waals surface area contributed by atoms with E-state index in [1.54, 1.807) is 0 Å². The van der Waals surface area contributed by atoms with E-state index in [-0.39, 0.29) is 29.7 Å². The molecule has 1 aromatic carbocycles. The van der Waals surface area contributed by atoms with Crippen molar-refractivity contribution < 1.29 is 10.2 Å². The van der Waals surface area contributed by atoms with Gasteiger partial charge in [0.05, 0.1) is 0 Å². The fourth-order valence-corrected chi connectivity index (χ4v) is 1.74. The van der Waals surface area contributed by atoms with E-state index in [9.17, 15) is 0 Å². The zero-order valence-electron chi connectivity index (χ0n) is 11.0. The SMILES string of the molecule is CCOC(C)NC(C)(C)c1ccccc1.Cl.O. The molecule has 0 aliphatic heterocycles. The zero-order valence-corrected chi connectivity index (χ0v) is 11.8. The van der Waals surface area contributed by atoms with Crippen LogP contribution in [0.4, 0.5) is 0 Å². The normalized spacial score (nSPS) is 12.2. The Morgan fingerprint density at radius 1 is 1.24 bits per heavy atom. The number of nitrogens with one attached hydrogen (secondary N) is 1. The Labute approximate surface area is 110 Å². The molecule has 0 aliphatic carbocycles. The summed E-state index contributed by atoms with van der Waals surface area (Å²) in [6.07, 6.45) is 0.0743. The molecule has 0 aliphatic rings. The Morgan fingerprint density at radius 3 is 2.24 bits per heavy atom. The molecule has 0 bridgehead atoms. The lowest BCUT2D eigenvalue weighted by molar-refractivity contribution is 0.0303. The third kappa shape index (κ3) is 6.03. The summed E-state index contributed by atoms with van der Waals surface area (Å²) < 4.78 is 5.49. The van der Waals surface area contributed by atoms with Crippen LogP contribution in [0.3, 0.4) is 0 Å². The van der Waals surface area contributed by atoms with Crippen LogP contribution in [0.1, 0.15) is 33.3 Å². The number of rotatable bonds is 5. The van der Waals surface area contributed by atoms with E-state index in [0.29, 0.717) is 0 Å². The molecule has 0 saturated heterocycles. The van der Waals surface area contributed by atoms with E-state index in [1.807, 2.05) is 19.9 Å². The molecule has 3 nitrogen and oxygen atoms in total. The highest BCUT2D eigenvalue weighted by molar-refractivity contribution is 5.85. The smallest absolute Gasteiger partial charge is 0.105 e. The Bertz CT molecular complexity index is 291. The van der Waals surface area contributed by atoms with Crippen molar-refractivity contribution in [3.63, 3.8) is 0 Å². The van der Waals surface area contributed by atoms with Crippen LogP contribution in [0, 0.1) is 0 Å². The first-order valence-corrected chi connectivity index (χ1v) is 5.51. The maximum Gasteiger partial charge on any atom is 0.105 e. The van der Waals surface area contributed by atoms with E-state index in [2.05, 4.69) is 43.4 Å². The molecule has 1 rings (SSSR count). The molecule has 4 heteroatoms. The number of hydrogen-bond donors (Lipinski definition) is 1. The van der Waals surface area contributed by atoms with Gasteiger partial charge < -0.3 is 10.2 Å². The zero-order chi connectivity index (χ0) is 11.3. The Kier molecular flexibility index (Phi) is 9.35. The molecule has 17 heavy (non-hydrogen) atoms. The summed E-state index contributed by atoms with van der Waals surface area (Å²) in [5, 5.41) is 3.45. The van der Waals surface area contributed by atoms with Crippen molar-refractivity contribution >= 4 is 12.4 Å². The van der Waals surface area contributed by atoms with Gasteiger partial charge >= 0.3 is 0 Å². The van der Waals surface area contributed by atoms with Gasteiger partial charge in [-0.1, -0.05) is 30.3 Å². The molecule has 3 N–H and O–H groups in total. The predicted octanol–water partition coefficient (Wildman–Crippen LogP) is 2.49. The minimum absolute atomic E-state index is 0. The van der Waals surface area contributed by atoms with Crippen molar-refractivity contribution in [2.24, 2.45) is 0 Å². The number of halogens is 1. The minimum atomic E-state index is -0.0597. The van der Waals surface area contributed by atoms with Crippen LogP contribution in [0.2, 0.25) is 0 Å². The molecule has 1 aromatic rings. The molecule has 1 atom stereocenters. The van der Waals surface area contributed by atoms with Crippen molar-refractivity contribution in [2.75, 3.05) is 6.61 Å². The second-order valence-corrected chi connectivity index (χ2v) is 4.23. The number of hydrogen-bond acceptors (Lipinski definition) is 2. The first-order chi connectivity index (χ1) is 7.06. The third-order valence-electron chi connectivity index (χ3n) is 2.48. The molecule has 0 heterocycles. The second-order valence-electron chi connectivity index (χ2n) is 4.23. The lowest BCUT2D eigenvalue weighted by Crippen LogP contribution is -2.43. The maximum absolute atomic E-state index is 5.49. The summed E-state index contributed by atoms with van der Waals surface area (Å²) in [5.41, 5.74) is 1.21. The quantitative estimate of drug-likeness (QED) is 0.828. The van der Waals surface area contributed by atoms with Gasteiger partial charge in [-0.25, -0.2) is 0 Å². The molecule has 0 saturated carbocycles. The van der Waals surface area contributed by atoms with Gasteiger partial charge in [-0.05, 0) is 33.3 Å². The van der Waals surface area contributed by atoms with Gasteiger partial charge in [-0.15, -0.1) is 12.4 Å². The van der Waals surface area contributed by atoms with E-state index >= 15 is 0 Å². The number of benzene rings is 1. The van der Waals surface area contributed by atoms with E-state index in [0.717, 1.165) is 6.61 Å². The van der Waals surface area contributed by atoms with Crippen LogP contribution >= 0.6 is 12.4 Å². The average Bonchev–Trinajstić information content (AvgIpc) is 2.18. The second kappa shape index (κ2) is 8.48. The fourth-order valence-electron chi connectivity index (χ4n) is 1.74. The predicted molar refractivity (Wildman–Crippen MR) is 74.6 cm³/mol. The lowest BCUT2D eigenvalue weighted by atomic mass is 9.94. The Balaban J connectivity index is 0. The highest BCUT2D eigenvalue weighted by Crippen LogP contribution is 2.20. The van der Waals surface area contributed by atoms with Crippen LogP contribution in [0.5, 0.6) is 0 Å². The maximum atomic E-state index is 5.49. The molecule has 0 fully saturated rings. The van der Waals surface area contributed by atoms with E-state index < -0.39 is 0 Å². The summed E-state index contributed by atoms with van der Waals surface area (Å²) in [6.45, 7) is 9.11. The summed E-state index contributed by atoms with van der Waals surface area (Å²) in [6, 6.07) is 10.4. The highest BCUT2D eigenvalue weighted by Gasteiger charge is 2.21. The summed E-state index contributed by atoms with van der Waals surface area (Å²) in [7, 11) is 0. The molecule has 0 spiro atoms. The standard InChI is InChI=1S/C13H21NO.ClH.H2O/c1-5-15-11(2)14-13(3,4)12-9-7-6-8-10-12;;/h6-11,14H,5H2,1-4H3;1H;1H2. The van der Waals surface area contributed by atoms with Crippen LogP contribution in [0.25, 0.3) is 0 Å². The molecule has 1 unspecified atom stereocenters. The van der Waals surface area contributed by atoms with Gasteiger partial charge in [0, 0.05) is 12.1 Å². The molecule has 0 radical (unpaired) electrons. The highest BCUT2D eigenvalue weighted by atomic mass is 35.5. The van der Waals surface area contributed by atoms with Crippen LogP contribution in [-0.2, 0) is 10.3 Å². The minimum Gasteiger partial charge on any atom is -0.412 e. The Morgan fingerprint density at radius 2 is 1.76 bits per heavy atom.